The Morgan fingerprint density at radius 1 is 1.75 bits per heavy atom. The first-order chi connectivity index (χ1) is 5.60. The number of hydrogen-bond acceptors (Lipinski definition) is 3. The van der Waals surface area contributed by atoms with Crippen molar-refractivity contribution in [3.05, 3.63) is 0 Å². The Kier molecular flexibility index (Phi) is 2.69. The Morgan fingerprint density at radius 3 is 2.75 bits per heavy atom. The van der Waals surface area contributed by atoms with Crippen molar-refractivity contribution >= 4 is 5.97 Å². The second-order valence-electron chi connectivity index (χ2n) is 3.14. The zero-order valence-corrected chi connectivity index (χ0v) is 7.37. The highest BCUT2D eigenvalue weighted by molar-refractivity contribution is 5.77. The first kappa shape index (κ1) is 9.48. The predicted octanol–water partition coefficient (Wildman–Crippen LogP) is 0.655. The van der Waals surface area contributed by atoms with Crippen LogP contribution in [0.25, 0.3) is 0 Å². The summed E-state index contributed by atoms with van der Waals surface area (Å²) in [5.41, 5.74) is -1.02. The van der Waals surface area contributed by atoms with Gasteiger partial charge in [0.05, 0.1) is 12.7 Å². The topological polar surface area (TPSA) is 55.8 Å². The average molecular weight is 174 g/mol. The zero-order valence-electron chi connectivity index (χ0n) is 7.37. The van der Waals surface area contributed by atoms with Crippen LogP contribution in [0.1, 0.15) is 19.8 Å². The molecule has 0 aromatic carbocycles. The van der Waals surface area contributed by atoms with E-state index in [2.05, 4.69) is 0 Å². The highest BCUT2D eigenvalue weighted by Crippen LogP contribution is 2.28. The molecule has 12 heavy (non-hydrogen) atoms. The molecule has 2 atom stereocenters. The predicted molar refractivity (Wildman–Crippen MR) is 42.0 cm³/mol. The van der Waals surface area contributed by atoms with Crippen LogP contribution in [0.5, 0.6) is 0 Å². The van der Waals surface area contributed by atoms with Crippen molar-refractivity contribution in [2.75, 3.05) is 13.7 Å². The lowest BCUT2D eigenvalue weighted by Gasteiger charge is -2.34. The molecule has 0 aromatic rings. The van der Waals surface area contributed by atoms with Crippen LogP contribution in [0.3, 0.4) is 0 Å². The van der Waals surface area contributed by atoms with Gasteiger partial charge in [-0.05, 0) is 6.92 Å². The van der Waals surface area contributed by atoms with E-state index in [0.717, 1.165) is 0 Å². The molecule has 0 amide bonds. The third kappa shape index (κ3) is 1.59. The van der Waals surface area contributed by atoms with Crippen molar-refractivity contribution in [2.24, 2.45) is 0 Å². The van der Waals surface area contributed by atoms with Gasteiger partial charge in [-0.25, -0.2) is 4.79 Å². The van der Waals surface area contributed by atoms with E-state index in [0.29, 0.717) is 19.4 Å². The van der Waals surface area contributed by atoms with Gasteiger partial charge in [0.15, 0.2) is 5.60 Å². The summed E-state index contributed by atoms with van der Waals surface area (Å²) < 4.78 is 10.3. The molecule has 4 heteroatoms. The van der Waals surface area contributed by atoms with E-state index in [1.807, 2.05) is 6.92 Å². The number of ether oxygens (including phenoxy) is 2. The minimum atomic E-state index is -1.02. The van der Waals surface area contributed by atoms with Gasteiger partial charge in [-0.15, -0.1) is 0 Å². The lowest BCUT2D eigenvalue weighted by Crippen LogP contribution is -2.47. The van der Waals surface area contributed by atoms with E-state index in [-0.39, 0.29) is 6.10 Å². The highest BCUT2D eigenvalue weighted by atomic mass is 16.5. The molecule has 0 bridgehead atoms. The standard InChI is InChI=1S/C8H14O4/c1-6-5-8(11-2,7(9)10)3-4-12-6/h6H,3-5H2,1-2H3,(H,9,10). The molecular formula is C8H14O4. The number of hydrogen-bond donors (Lipinski definition) is 1. The van der Waals surface area contributed by atoms with E-state index < -0.39 is 11.6 Å². The van der Waals surface area contributed by atoms with Crippen LogP contribution >= 0.6 is 0 Å². The van der Waals surface area contributed by atoms with Crippen molar-refractivity contribution in [3.8, 4) is 0 Å². The number of carboxylic acids is 1. The van der Waals surface area contributed by atoms with Crippen molar-refractivity contribution in [2.45, 2.75) is 31.5 Å². The van der Waals surface area contributed by atoms with Gasteiger partial charge in [0.1, 0.15) is 0 Å². The Morgan fingerprint density at radius 2 is 2.42 bits per heavy atom. The van der Waals surface area contributed by atoms with E-state index in [1.165, 1.54) is 7.11 Å². The van der Waals surface area contributed by atoms with Crippen molar-refractivity contribution in [3.63, 3.8) is 0 Å². The first-order valence-corrected chi connectivity index (χ1v) is 4.01. The molecule has 0 aliphatic carbocycles. The van der Waals surface area contributed by atoms with E-state index in [4.69, 9.17) is 14.6 Å². The maximum atomic E-state index is 10.9. The van der Waals surface area contributed by atoms with E-state index in [1.54, 1.807) is 0 Å². The number of rotatable bonds is 2. The molecule has 0 aromatic heterocycles. The van der Waals surface area contributed by atoms with Crippen LogP contribution in [0, 0.1) is 0 Å². The normalized spacial score (nSPS) is 36.3. The van der Waals surface area contributed by atoms with Crippen LogP contribution < -0.4 is 0 Å². The van der Waals surface area contributed by atoms with Crippen LogP contribution in [0.4, 0.5) is 0 Å². The van der Waals surface area contributed by atoms with Crippen molar-refractivity contribution < 1.29 is 19.4 Å². The molecule has 1 saturated heterocycles. The van der Waals surface area contributed by atoms with Gasteiger partial charge < -0.3 is 14.6 Å². The molecule has 1 heterocycles. The minimum absolute atomic E-state index is 0.0326. The van der Waals surface area contributed by atoms with Gasteiger partial charge >= 0.3 is 5.97 Å². The van der Waals surface area contributed by atoms with Crippen LogP contribution in [0.15, 0.2) is 0 Å². The second-order valence-corrected chi connectivity index (χ2v) is 3.14. The molecule has 1 N–H and O–H groups in total. The van der Waals surface area contributed by atoms with Gasteiger partial charge in [0.25, 0.3) is 0 Å². The van der Waals surface area contributed by atoms with Gasteiger partial charge in [0, 0.05) is 20.0 Å². The van der Waals surface area contributed by atoms with Gasteiger partial charge in [0.2, 0.25) is 0 Å². The summed E-state index contributed by atoms with van der Waals surface area (Å²) in [6, 6.07) is 0. The lowest BCUT2D eigenvalue weighted by atomic mass is 9.91. The monoisotopic (exact) mass is 174 g/mol. The highest BCUT2D eigenvalue weighted by Gasteiger charge is 2.42. The Hall–Kier alpha value is -0.610. The summed E-state index contributed by atoms with van der Waals surface area (Å²) in [6.45, 7) is 2.32. The Labute approximate surface area is 71.5 Å². The lowest BCUT2D eigenvalue weighted by molar-refractivity contribution is -0.179. The maximum Gasteiger partial charge on any atom is 0.336 e. The first-order valence-electron chi connectivity index (χ1n) is 4.01. The third-order valence-electron chi connectivity index (χ3n) is 2.31. The zero-order chi connectivity index (χ0) is 9.19. The van der Waals surface area contributed by atoms with Gasteiger partial charge in [-0.1, -0.05) is 0 Å². The molecular weight excluding hydrogens is 160 g/mol. The molecule has 2 unspecified atom stereocenters. The summed E-state index contributed by atoms with van der Waals surface area (Å²) in [5.74, 6) is -0.889. The Balaban J connectivity index is 2.71. The fourth-order valence-electron chi connectivity index (χ4n) is 1.52. The van der Waals surface area contributed by atoms with E-state index in [9.17, 15) is 4.79 Å². The summed E-state index contributed by atoms with van der Waals surface area (Å²) in [6.07, 6.45) is 0.831. The third-order valence-corrected chi connectivity index (χ3v) is 2.31. The molecule has 1 rings (SSSR count). The van der Waals surface area contributed by atoms with E-state index >= 15 is 0 Å². The summed E-state index contributed by atoms with van der Waals surface area (Å²) in [4.78, 5) is 10.9. The molecule has 0 saturated carbocycles. The van der Waals surface area contributed by atoms with Gasteiger partial charge in [-0.3, -0.25) is 0 Å². The largest absolute Gasteiger partial charge is 0.479 e. The van der Waals surface area contributed by atoms with Crippen molar-refractivity contribution in [1.29, 1.82) is 0 Å². The quantitative estimate of drug-likeness (QED) is 0.668. The number of aliphatic carboxylic acids is 1. The number of carboxylic acid groups (broad SMARTS) is 1. The fourth-order valence-corrected chi connectivity index (χ4v) is 1.52. The van der Waals surface area contributed by atoms with Crippen molar-refractivity contribution in [1.82, 2.24) is 0 Å². The van der Waals surface area contributed by atoms with Crippen LogP contribution in [-0.2, 0) is 14.3 Å². The molecule has 1 fully saturated rings. The van der Waals surface area contributed by atoms with Crippen LogP contribution in [0.2, 0.25) is 0 Å². The molecule has 70 valence electrons. The second kappa shape index (κ2) is 3.41. The average Bonchev–Trinajstić information content (AvgIpc) is 2.04. The minimum Gasteiger partial charge on any atom is -0.479 e. The smallest absolute Gasteiger partial charge is 0.336 e. The number of methoxy groups -OCH3 is 1. The van der Waals surface area contributed by atoms with Crippen LogP contribution in [-0.4, -0.2) is 36.5 Å². The number of carbonyl (C=O) groups is 1. The summed E-state index contributed by atoms with van der Waals surface area (Å²) in [5, 5.41) is 8.93. The molecule has 1 aliphatic heterocycles. The summed E-state index contributed by atoms with van der Waals surface area (Å²) in [7, 11) is 1.44. The summed E-state index contributed by atoms with van der Waals surface area (Å²) >= 11 is 0. The SMILES string of the molecule is COC1(C(=O)O)CCOC(C)C1. The fraction of sp³-hybridized carbons (Fsp3) is 0.875. The molecule has 4 nitrogen and oxygen atoms in total. The molecule has 1 aliphatic rings. The molecule has 0 spiro atoms. The molecule has 0 radical (unpaired) electrons. The van der Waals surface area contributed by atoms with Gasteiger partial charge in [-0.2, -0.15) is 0 Å². The maximum absolute atomic E-state index is 10.9. The Bertz CT molecular complexity index is 180.